The molecule has 0 amide bonds. The van der Waals surface area contributed by atoms with E-state index in [1.807, 2.05) is 24.4 Å². The van der Waals surface area contributed by atoms with E-state index in [0.29, 0.717) is 0 Å². The summed E-state index contributed by atoms with van der Waals surface area (Å²) >= 11 is 0. The molecule has 1 aliphatic rings. The Morgan fingerprint density at radius 1 is 1.21 bits per heavy atom. The minimum Gasteiger partial charge on any atom is -0.488 e. The molecule has 2 aromatic rings. The maximum atomic E-state index is 6.16. The largest absolute Gasteiger partial charge is 0.488 e. The van der Waals surface area contributed by atoms with Gasteiger partial charge in [-0.05, 0) is 44.7 Å². The number of fused-ring (bicyclic) bond motifs is 1. The topological polar surface area (TPSA) is 48.1 Å². The molecule has 0 unspecified atom stereocenters. The molecule has 0 radical (unpaired) electrons. The molecule has 0 atom stereocenters. The third-order valence-electron chi connectivity index (χ3n) is 3.96. The van der Waals surface area contributed by atoms with Gasteiger partial charge in [-0.15, -0.1) is 0 Å². The van der Waals surface area contributed by atoms with Crippen LogP contribution in [0.15, 0.2) is 36.5 Å². The Bertz CT molecular complexity index is 564. The number of nitrogens with zero attached hydrogens (tertiary/aromatic N) is 1. The van der Waals surface area contributed by atoms with Gasteiger partial charge in [-0.1, -0.05) is 18.2 Å². The van der Waals surface area contributed by atoms with Gasteiger partial charge in [0.2, 0.25) is 0 Å². The number of hydrogen-bond acceptors (Lipinski definition) is 3. The van der Waals surface area contributed by atoms with E-state index < -0.39 is 0 Å². The fourth-order valence-electron chi connectivity index (χ4n) is 2.72. The fourth-order valence-corrected chi connectivity index (χ4v) is 2.72. The quantitative estimate of drug-likeness (QED) is 0.897. The van der Waals surface area contributed by atoms with Crippen molar-refractivity contribution >= 4 is 10.9 Å². The van der Waals surface area contributed by atoms with Gasteiger partial charge in [0.1, 0.15) is 11.3 Å². The van der Waals surface area contributed by atoms with E-state index in [1.165, 1.54) is 0 Å². The van der Waals surface area contributed by atoms with Crippen LogP contribution in [0.25, 0.3) is 10.9 Å². The Morgan fingerprint density at radius 3 is 2.74 bits per heavy atom. The summed E-state index contributed by atoms with van der Waals surface area (Å²) in [6, 6.07) is 10.1. The van der Waals surface area contributed by atoms with Gasteiger partial charge in [0, 0.05) is 17.1 Å². The normalized spacial score (nSPS) is 27.4. The van der Waals surface area contributed by atoms with E-state index in [4.69, 9.17) is 10.5 Å². The molecule has 100 valence electrons. The summed E-state index contributed by atoms with van der Waals surface area (Å²) in [5, 5.41) is 1.12. The highest BCUT2D eigenvalue weighted by atomic mass is 16.5. The van der Waals surface area contributed by atoms with E-state index >= 15 is 0 Å². The van der Waals surface area contributed by atoms with Gasteiger partial charge in [-0.3, -0.25) is 4.98 Å². The zero-order valence-electron chi connectivity index (χ0n) is 11.3. The highest BCUT2D eigenvalue weighted by Gasteiger charge is 2.28. The fraction of sp³-hybridized carbons (Fsp3) is 0.438. The number of nitrogens with two attached hydrogens (primary N) is 1. The van der Waals surface area contributed by atoms with Crippen LogP contribution in [0.1, 0.15) is 32.6 Å². The molecular formula is C16H20N2O. The van der Waals surface area contributed by atoms with Crippen molar-refractivity contribution in [2.24, 2.45) is 5.73 Å². The van der Waals surface area contributed by atoms with Crippen molar-refractivity contribution in [3.63, 3.8) is 0 Å². The molecule has 0 bridgehead atoms. The lowest BCUT2D eigenvalue weighted by molar-refractivity contribution is 0.125. The summed E-state index contributed by atoms with van der Waals surface area (Å²) in [7, 11) is 0. The molecule has 3 heteroatoms. The lowest BCUT2D eigenvalue weighted by atomic mass is 9.83. The second kappa shape index (κ2) is 4.82. The van der Waals surface area contributed by atoms with E-state index in [-0.39, 0.29) is 11.6 Å². The predicted molar refractivity (Wildman–Crippen MR) is 77.2 cm³/mol. The van der Waals surface area contributed by atoms with Gasteiger partial charge >= 0.3 is 0 Å². The molecule has 1 fully saturated rings. The van der Waals surface area contributed by atoms with Crippen LogP contribution in [0.3, 0.4) is 0 Å². The lowest BCUT2D eigenvalue weighted by Gasteiger charge is -2.34. The lowest BCUT2D eigenvalue weighted by Crippen LogP contribution is -2.42. The van der Waals surface area contributed by atoms with Gasteiger partial charge in [0.15, 0.2) is 0 Å². The molecule has 19 heavy (non-hydrogen) atoms. The first-order valence-corrected chi connectivity index (χ1v) is 6.93. The average molecular weight is 256 g/mol. The van der Waals surface area contributed by atoms with Gasteiger partial charge in [-0.2, -0.15) is 0 Å². The van der Waals surface area contributed by atoms with Crippen LogP contribution in [0.5, 0.6) is 5.75 Å². The molecule has 1 aromatic carbocycles. The summed E-state index contributed by atoms with van der Waals surface area (Å²) in [6.07, 6.45) is 6.18. The van der Waals surface area contributed by atoms with Crippen molar-refractivity contribution in [3.8, 4) is 5.75 Å². The standard InChI is InChI=1S/C16H20N2O/c1-16(17)9-7-13(8-10-16)19-14-6-2-4-12-5-3-11-18-15(12)14/h2-6,11,13H,7-10,17H2,1H3. The molecule has 1 aliphatic carbocycles. The van der Waals surface area contributed by atoms with Crippen LogP contribution in [-0.4, -0.2) is 16.6 Å². The van der Waals surface area contributed by atoms with Crippen LogP contribution in [0.4, 0.5) is 0 Å². The summed E-state index contributed by atoms with van der Waals surface area (Å²) in [4.78, 5) is 4.43. The molecular weight excluding hydrogens is 236 g/mol. The molecule has 1 heterocycles. The first kappa shape index (κ1) is 12.4. The maximum absolute atomic E-state index is 6.16. The van der Waals surface area contributed by atoms with E-state index in [1.54, 1.807) is 0 Å². The highest BCUT2D eigenvalue weighted by Crippen LogP contribution is 2.31. The molecule has 3 rings (SSSR count). The zero-order valence-corrected chi connectivity index (χ0v) is 11.3. The van der Waals surface area contributed by atoms with Crippen LogP contribution in [0, 0.1) is 0 Å². The Kier molecular flexibility index (Phi) is 3.15. The molecule has 1 aromatic heterocycles. The van der Waals surface area contributed by atoms with Crippen LogP contribution >= 0.6 is 0 Å². The predicted octanol–water partition coefficient (Wildman–Crippen LogP) is 3.27. The van der Waals surface area contributed by atoms with E-state index in [0.717, 1.165) is 42.3 Å². The van der Waals surface area contributed by atoms with Gasteiger partial charge in [0.05, 0.1) is 6.10 Å². The Hall–Kier alpha value is -1.61. The molecule has 3 nitrogen and oxygen atoms in total. The van der Waals surface area contributed by atoms with Crippen molar-refractivity contribution in [2.75, 3.05) is 0 Å². The number of ether oxygens (including phenoxy) is 1. The average Bonchev–Trinajstić information content (AvgIpc) is 2.42. The van der Waals surface area contributed by atoms with Crippen molar-refractivity contribution in [1.29, 1.82) is 0 Å². The molecule has 0 spiro atoms. The molecule has 2 N–H and O–H groups in total. The second-order valence-electron chi connectivity index (χ2n) is 5.80. The van der Waals surface area contributed by atoms with Crippen molar-refractivity contribution in [1.82, 2.24) is 4.98 Å². The van der Waals surface area contributed by atoms with E-state index in [9.17, 15) is 0 Å². The van der Waals surface area contributed by atoms with Crippen LogP contribution < -0.4 is 10.5 Å². The third kappa shape index (κ3) is 2.71. The van der Waals surface area contributed by atoms with Crippen molar-refractivity contribution < 1.29 is 4.74 Å². The number of aromatic nitrogens is 1. The van der Waals surface area contributed by atoms with Gasteiger partial charge in [0.25, 0.3) is 0 Å². The van der Waals surface area contributed by atoms with Crippen LogP contribution in [-0.2, 0) is 0 Å². The zero-order chi connectivity index (χ0) is 13.3. The number of benzene rings is 1. The smallest absolute Gasteiger partial charge is 0.145 e. The summed E-state index contributed by atoms with van der Waals surface area (Å²) in [5.74, 6) is 0.892. The SMILES string of the molecule is CC1(N)CCC(Oc2cccc3cccnc23)CC1. The van der Waals surface area contributed by atoms with Crippen LogP contribution in [0.2, 0.25) is 0 Å². The minimum absolute atomic E-state index is 0.0170. The van der Waals surface area contributed by atoms with Crippen molar-refractivity contribution in [2.45, 2.75) is 44.2 Å². The Labute approximate surface area is 113 Å². The minimum atomic E-state index is -0.0170. The summed E-state index contributed by atoms with van der Waals surface area (Å²) in [6.45, 7) is 2.13. The number of pyridine rings is 1. The van der Waals surface area contributed by atoms with Gasteiger partial charge < -0.3 is 10.5 Å². The second-order valence-corrected chi connectivity index (χ2v) is 5.80. The first-order valence-electron chi connectivity index (χ1n) is 6.93. The van der Waals surface area contributed by atoms with Crippen molar-refractivity contribution in [3.05, 3.63) is 36.5 Å². The Morgan fingerprint density at radius 2 is 1.95 bits per heavy atom. The highest BCUT2D eigenvalue weighted by molar-refractivity contribution is 5.84. The molecule has 0 aliphatic heterocycles. The summed E-state index contributed by atoms with van der Waals surface area (Å²) < 4.78 is 6.14. The van der Waals surface area contributed by atoms with E-state index in [2.05, 4.69) is 24.0 Å². The number of hydrogen-bond donors (Lipinski definition) is 1. The van der Waals surface area contributed by atoms with Gasteiger partial charge in [-0.25, -0.2) is 0 Å². The first-order chi connectivity index (χ1) is 9.14. The summed E-state index contributed by atoms with van der Waals surface area (Å²) in [5.41, 5.74) is 7.09. The molecule has 1 saturated carbocycles. The monoisotopic (exact) mass is 256 g/mol. The maximum Gasteiger partial charge on any atom is 0.145 e. The number of rotatable bonds is 2. The molecule has 0 saturated heterocycles. The third-order valence-corrected chi connectivity index (χ3v) is 3.96. The Balaban J connectivity index is 1.79. The number of para-hydroxylation sites is 1.